The van der Waals surface area contributed by atoms with Crippen molar-refractivity contribution in [1.82, 2.24) is 19.8 Å². The molecule has 0 spiro atoms. The largest absolute Gasteiger partial charge is 0.480 e. The molecule has 1 aromatic carbocycles. The van der Waals surface area contributed by atoms with Crippen LogP contribution in [-0.2, 0) is 16.1 Å². The van der Waals surface area contributed by atoms with Crippen molar-refractivity contribution in [2.24, 2.45) is 0 Å². The molecule has 3 rings (SSSR count). The van der Waals surface area contributed by atoms with Gasteiger partial charge >= 0.3 is 12.1 Å². The number of hydrogen-bond acceptors (Lipinski definition) is 7. The van der Waals surface area contributed by atoms with Crippen LogP contribution in [0.5, 0.6) is 0 Å². The number of benzene rings is 1. The number of anilines is 1. The Kier molecular flexibility index (Phi) is 8.49. The standard InChI is InChI=1S/C24H29BrFN5O5/c1-15-18(21(34)31(14-20(32)33)13-16-5-6-17(25)11-19(16)26)12-27-22(28-15)29-7-9-30(10-8-29)23(35)36-24(2,3)4/h5-6,11-12H,7-10,13-14H2,1-4H3,(H,32,33). The predicted octanol–water partition coefficient (Wildman–Crippen LogP) is 3.47. The molecule has 1 aromatic heterocycles. The Balaban J connectivity index is 1.71. The highest BCUT2D eigenvalue weighted by atomic mass is 79.9. The molecule has 1 aliphatic rings. The van der Waals surface area contributed by atoms with Gasteiger partial charge in [0.15, 0.2) is 0 Å². The maximum absolute atomic E-state index is 14.3. The van der Waals surface area contributed by atoms with Gasteiger partial charge in [0.05, 0.1) is 11.3 Å². The third-order valence-corrected chi connectivity index (χ3v) is 5.89. The van der Waals surface area contributed by atoms with E-state index >= 15 is 0 Å². The van der Waals surface area contributed by atoms with Crippen LogP contribution >= 0.6 is 15.9 Å². The van der Waals surface area contributed by atoms with Crippen LogP contribution in [0, 0.1) is 12.7 Å². The Hall–Kier alpha value is -3.28. The maximum atomic E-state index is 14.3. The number of rotatable bonds is 6. The Labute approximate surface area is 217 Å². The van der Waals surface area contributed by atoms with Gasteiger partial charge in [0.2, 0.25) is 5.95 Å². The highest BCUT2D eigenvalue weighted by Gasteiger charge is 2.28. The van der Waals surface area contributed by atoms with E-state index in [9.17, 15) is 23.9 Å². The number of halogens is 2. The van der Waals surface area contributed by atoms with Crippen LogP contribution in [0.2, 0.25) is 0 Å². The highest BCUT2D eigenvalue weighted by Crippen LogP contribution is 2.20. The van der Waals surface area contributed by atoms with E-state index < -0.39 is 29.8 Å². The van der Waals surface area contributed by atoms with E-state index in [0.29, 0.717) is 42.3 Å². The van der Waals surface area contributed by atoms with Crippen molar-refractivity contribution in [3.05, 3.63) is 51.5 Å². The number of aromatic nitrogens is 2. The van der Waals surface area contributed by atoms with E-state index in [4.69, 9.17) is 4.74 Å². The average Bonchev–Trinajstić information content (AvgIpc) is 2.78. The zero-order valence-corrected chi connectivity index (χ0v) is 22.2. The summed E-state index contributed by atoms with van der Waals surface area (Å²) in [7, 11) is 0. The third kappa shape index (κ3) is 7.12. The molecule has 194 valence electrons. The van der Waals surface area contributed by atoms with Gasteiger partial charge in [-0.2, -0.15) is 0 Å². The fourth-order valence-electron chi connectivity index (χ4n) is 3.62. The number of carboxylic acid groups (broad SMARTS) is 1. The molecular weight excluding hydrogens is 537 g/mol. The summed E-state index contributed by atoms with van der Waals surface area (Å²) >= 11 is 3.18. The molecule has 0 saturated carbocycles. The summed E-state index contributed by atoms with van der Waals surface area (Å²) in [6.45, 7) is 8.08. The number of carbonyl (C=O) groups is 3. The van der Waals surface area contributed by atoms with E-state index in [1.54, 1.807) is 17.9 Å². The zero-order chi connectivity index (χ0) is 26.6. The number of carboxylic acids is 1. The first-order chi connectivity index (χ1) is 16.8. The highest BCUT2D eigenvalue weighted by molar-refractivity contribution is 9.10. The maximum Gasteiger partial charge on any atom is 0.410 e. The van der Waals surface area contributed by atoms with Crippen molar-refractivity contribution >= 4 is 39.8 Å². The SMILES string of the molecule is Cc1nc(N2CCN(C(=O)OC(C)(C)C)CC2)ncc1C(=O)N(CC(=O)O)Cc1ccc(Br)cc1F. The van der Waals surface area contributed by atoms with E-state index in [-0.39, 0.29) is 23.8 Å². The number of piperazine rings is 1. The van der Waals surface area contributed by atoms with Gasteiger partial charge in [0, 0.05) is 49.0 Å². The molecule has 0 aliphatic carbocycles. The van der Waals surface area contributed by atoms with Crippen molar-refractivity contribution in [3.8, 4) is 0 Å². The molecule has 0 atom stereocenters. The van der Waals surface area contributed by atoms with Gasteiger partial charge in [-0.25, -0.2) is 19.2 Å². The molecule has 1 N–H and O–H groups in total. The quantitative estimate of drug-likeness (QED) is 0.566. The predicted molar refractivity (Wildman–Crippen MR) is 133 cm³/mol. The second kappa shape index (κ2) is 11.2. The van der Waals surface area contributed by atoms with Crippen LogP contribution in [0.25, 0.3) is 0 Å². The van der Waals surface area contributed by atoms with Crippen LogP contribution in [-0.4, -0.2) is 81.2 Å². The molecule has 1 fully saturated rings. The van der Waals surface area contributed by atoms with Crippen molar-refractivity contribution in [2.45, 2.75) is 39.8 Å². The molecule has 12 heteroatoms. The van der Waals surface area contributed by atoms with E-state index in [0.717, 1.165) is 4.90 Å². The van der Waals surface area contributed by atoms with E-state index in [1.165, 1.54) is 18.3 Å². The minimum Gasteiger partial charge on any atom is -0.480 e. The molecule has 0 bridgehead atoms. The van der Waals surface area contributed by atoms with Gasteiger partial charge in [-0.3, -0.25) is 9.59 Å². The molecule has 0 unspecified atom stereocenters. The molecule has 2 aromatic rings. The topological polar surface area (TPSA) is 116 Å². The fraction of sp³-hybridized carbons (Fsp3) is 0.458. The Morgan fingerprint density at radius 1 is 1.19 bits per heavy atom. The van der Waals surface area contributed by atoms with Crippen LogP contribution in [0.15, 0.2) is 28.9 Å². The molecule has 36 heavy (non-hydrogen) atoms. The number of carbonyl (C=O) groups excluding carboxylic acids is 2. The number of nitrogens with zero attached hydrogens (tertiary/aromatic N) is 5. The van der Waals surface area contributed by atoms with Crippen LogP contribution < -0.4 is 4.90 Å². The lowest BCUT2D eigenvalue weighted by Gasteiger charge is -2.35. The first-order valence-corrected chi connectivity index (χ1v) is 12.1. The van der Waals surface area contributed by atoms with Gasteiger partial charge in [0.25, 0.3) is 5.91 Å². The Bertz CT molecular complexity index is 1150. The smallest absolute Gasteiger partial charge is 0.410 e. The first-order valence-electron chi connectivity index (χ1n) is 11.4. The number of aryl methyl sites for hydroxylation is 1. The summed E-state index contributed by atoms with van der Waals surface area (Å²) in [6.07, 6.45) is 0.980. The fourth-order valence-corrected chi connectivity index (χ4v) is 3.95. The van der Waals surface area contributed by atoms with Gasteiger partial charge in [-0.15, -0.1) is 0 Å². The van der Waals surface area contributed by atoms with Gasteiger partial charge in [0.1, 0.15) is 18.0 Å². The summed E-state index contributed by atoms with van der Waals surface area (Å²) in [5.41, 5.74) is 0.107. The van der Waals surface area contributed by atoms with Crippen molar-refractivity contribution < 1.29 is 28.6 Å². The molecule has 0 radical (unpaired) electrons. The van der Waals surface area contributed by atoms with Gasteiger partial charge in [-0.05, 0) is 39.8 Å². The summed E-state index contributed by atoms with van der Waals surface area (Å²) in [4.78, 5) is 50.2. The Morgan fingerprint density at radius 2 is 1.86 bits per heavy atom. The molecule has 1 saturated heterocycles. The monoisotopic (exact) mass is 565 g/mol. The second-order valence-corrected chi connectivity index (χ2v) is 10.3. The minimum absolute atomic E-state index is 0.130. The number of aliphatic carboxylic acids is 1. The molecule has 2 heterocycles. The minimum atomic E-state index is -1.22. The van der Waals surface area contributed by atoms with Crippen LogP contribution in [0.3, 0.4) is 0 Å². The van der Waals surface area contributed by atoms with E-state index in [2.05, 4.69) is 25.9 Å². The van der Waals surface area contributed by atoms with Gasteiger partial charge in [-0.1, -0.05) is 22.0 Å². The summed E-state index contributed by atoms with van der Waals surface area (Å²) in [5, 5.41) is 9.31. The zero-order valence-electron chi connectivity index (χ0n) is 20.6. The summed E-state index contributed by atoms with van der Waals surface area (Å²) < 4.78 is 20.3. The number of ether oxygens (including phenoxy) is 1. The van der Waals surface area contributed by atoms with E-state index in [1.807, 2.05) is 25.7 Å². The lowest BCUT2D eigenvalue weighted by atomic mass is 10.1. The lowest BCUT2D eigenvalue weighted by Crippen LogP contribution is -2.50. The van der Waals surface area contributed by atoms with Crippen LogP contribution in [0.1, 0.15) is 42.4 Å². The molecule has 1 aliphatic heterocycles. The third-order valence-electron chi connectivity index (χ3n) is 5.40. The molecule has 10 nitrogen and oxygen atoms in total. The second-order valence-electron chi connectivity index (χ2n) is 9.41. The summed E-state index contributed by atoms with van der Waals surface area (Å²) in [6, 6.07) is 4.36. The normalized spacial score (nSPS) is 13.9. The van der Waals surface area contributed by atoms with Crippen molar-refractivity contribution in [2.75, 3.05) is 37.6 Å². The number of hydrogen-bond donors (Lipinski definition) is 1. The van der Waals surface area contributed by atoms with Gasteiger partial charge < -0.3 is 24.5 Å². The summed E-state index contributed by atoms with van der Waals surface area (Å²) in [5.74, 6) is -1.99. The van der Waals surface area contributed by atoms with Crippen molar-refractivity contribution in [1.29, 1.82) is 0 Å². The van der Waals surface area contributed by atoms with Crippen LogP contribution in [0.4, 0.5) is 15.1 Å². The average molecular weight is 566 g/mol. The lowest BCUT2D eigenvalue weighted by molar-refractivity contribution is -0.137. The Morgan fingerprint density at radius 3 is 2.42 bits per heavy atom. The first kappa shape index (κ1) is 27.3. The molecular formula is C24H29BrFN5O5. The van der Waals surface area contributed by atoms with Crippen molar-refractivity contribution in [3.63, 3.8) is 0 Å². The molecule has 2 amide bonds. The number of amides is 2.